The first-order valence-corrected chi connectivity index (χ1v) is 2.82. The fourth-order valence-electron chi connectivity index (χ4n) is 0.457. The van der Waals surface area contributed by atoms with Gasteiger partial charge in [0.1, 0.15) is 7.00 Å². The zero-order valence-corrected chi connectivity index (χ0v) is 4.75. The van der Waals surface area contributed by atoms with Gasteiger partial charge >= 0.3 is 0 Å². The molecule has 6 heavy (non-hydrogen) atoms. The van der Waals surface area contributed by atoms with Gasteiger partial charge in [0.25, 0.3) is 0 Å². The molecule has 0 aromatic carbocycles. The third-order valence-electron chi connectivity index (χ3n) is 1.14. The maximum absolute atomic E-state index is 5.43. The molecule has 3 heteroatoms. The Balaban J connectivity index is 2.09. The van der Waals surface area contributed by atoms with Crippen molar-refractivity contribution in [2.45, 2.75) is 18.1 Å². The molecular weight excluding hydrogens is 88.6 g/mol. The van der Waals surface area contributed by atoms with Crippen molar-refractivity contribution in [3.05, 3.63) is 0 Å². The van der Waals surface area contributed by atoms with E-state index in [0.29, 0.717) is 5.82 Å². The summed E-state index contributed by atoms with van der Waals surface area (Å²) in [5.74, 6) is 1.21. The molecule has 29 valence electrons. The average molecular weight is 94.7 g/mol. The summed E-state index contributed by atoms with van der Waals surface area (Å²) in [5.41, 5.74) is 0. The van der Waals surface area contributed by atoms with Gasteiger partial charge in [0.2, 0.25) is 0 Å². The molecular formula is C3H6B2P. The molecule has 0 spiro atoms. The first-order valence-electron chi connectivity index (χ1n) is 2.15. The highest BCUT2D eigenvalue weighted by molar-refractivity contribution is 7.56. The van der Waals surface area contributed by atoms with Gasteiger partial charge in [0, 0.05) is 0 Å². The number of hydrogen-bond donors (Lipinski definition) is 0. The Morgan fingerprint density at radius 3 is 2.33 bits per heavy atom. The van der Waals surface area contributed by atoms with E-state index in [1.807, 2.05) is 0 Å². The van der Waals surface area contributed by atoms with Crippen LogP contribution in [-0.2, 0) is 0 Å². The van der Waals surface area contributed by atoms with Gasteiger partial charge < -0.3 is 0 Å². The summed E-state index contributed by atoms with van der Waals surface area (Å²) in [6, 6.07) is 0. The molecule has 0 amide bonds. The van der Waals surface area contributed by atoms with E-state index in [2.05, 4.69) is 16.1 Å². The van der Waals surface area contributed by atoms with E-state index in [9.17, 15) is 0 Å². The van der Waals surface area contributed by atoms with Gasteiger partial charge in [-0.05, 0) is 0 Å². The van der Waals surface area contributed by atoms with Crippen LogP contribution < -0.4 is 0 Å². The molecule has 3 radical (unpaired) electrons. The minimum Gasteiger partial charge on any atom is -0.178 e. The van der Waals surface area contributed by atoms with E-state index in [4.69, 9.17) is 7.85 Å². The van der Waals surface area contributed by atoms with E-state index in [0.717, 1.165) is 5.82 Å². The van der Waals surface area contributed by atoms with Crippen LogP contribution in [0.5, 0.6) is 0 Å². The topological polar surface area (TPSA) is 0 Å². The molecule has 0 aromatic heterocycles. The van der Waals surface area contributed by atoms with E-state index >= 15 is 0 Å². The molecule has 1 saturated carbocycles. The van der Waals surface area contributed by atoms with E-state index in [-0.39, 0.29) is 0 Å². The van der Waals surface area contributed by atoms with Gasteiger partial charge in [0.15, 0.2) is 0 Å². The van der Waals surface area contributed by atoms with Crippen LogP contribution >= 0.6 is 9.12 Å². The Hall–Kier alpha value is 0.560. The predicted molar refractivity (Wildman–Crippen MR) is 33.3 cm³/mol. The molecule has 1 aliphatic rings. The third-order valence-corrected chi connectivity index (χ3v) is 1.63. The first-order chi connectivity index (χ1) is 2.84. The SMILES string of the molecule is [B]C1CC1[B]P. The van der Waals surface area contributed by atoms with Crippen LogP contribution in [0, 0.1) is 0 Å². The molecule has 0 saturated heterocycles. The standard InChI is InChI=1S/C3H6B2P/c4-2-1-3(2)5-6/h2-3H,1,6H2. The quantitative estimate of drug-likeness (QED) is 0.330. The largest absolute Gasteiger partial charge is 0.178 e. The molecule has 0 aliphatic heterocycles. The molecule has 1 aliphatic carbocycles. The molecule has 3 unspecified atom stereocenters. The molecule has 3 atom stereocenters. The number of hydrogen-bond acceptors (Lipinski definition) is 0. The van der Waals surface area contributed by atoms with Crippen molar-refractivity contribution in [2.24, 2.45) is 0 Å². The average Bonchev–Trinajstić information content (AvgIpc) is 2.19. The maximum Gasteiger partial charge on any atom is 0.141 e. The molecule has 1 rings (SSSR count). The van der Waals surface area contributed by atoms with Crippen molar-refractivity contribution in [3.8, 4) is 0 Å². The van der Waals surface area contributed by atoms with Crippen LogP contribution in [0.25, 0.3) is 0 Å². The van der Waals surface area contributed by atoms with Crippen LogP contribution in [0.2, 0.25) is 11.6 Å². The summed E-state index contributed by atoms with van der Waals surface area (Å²) < 4.78 is 0. The van der Waals surface area contributed by atoms with Gasteiger partial charge in [-0.3, -0.25) is 0 Å². The molecule has 0 bridgehead atoms. The molecule has 0 nitrogen and oxygen atoms in total. The zero-order valence-electron chi connectivity index (χ0n) is 3.59. The fourth-order valence-corrected chi connectivity index (χ4v) is 0.900. The summed E-state index contributed by atoms with van der Waals surface area (Å²) in [4.78, 5) is 0. The lowest BCUT2D eigenvalue weighted by Gasteiger charge is -1.76. The third kappa shape index (κ3) is 0.789. The monoisotopic (exact) mass is 95.0 g/mol. The van der Waals surface area contributed by atoms with Crippen LogP contribution in [0.3, 0.4) is 0 Å². The first kappa shape index (κ1) is 4.71. The summed E-state index contributed by atoms with van der Waals surface area (Å²) >= 11 is 0. The summed E-state index contributed by atoms with van der Waals surface area (Å²) in [6.45, 7) is 2.09. The van der Waals surface area contributed by atoms with Crippen LogP contribution in [0.1, 0.15) is 6.42 Å². The van der Waals surface area contributed by atoms with E-state index in [1.165, 1.54) is 6.42 Å². The van der Waals surface area contributed by atoms with Crippen LogP contribution in [-0.4, -0.2) is 14.8 Å². The highest BCUT2D eigenvalue weighted by atomic mass is 31.0. The lowest BCUT2D eigenvalue weighted by Crippen LogP contribution is -1.71. The van der Waals surface area contributed by atoms with Crippen LogP contribution in [0.4, 0.5) is 0 Å². The normalized spacial score (nSPS) is 42.2. The predicted octanol–water partition coefficient (Wildman–Crippen LogP) is 0.630. The van der Waals surface area contributed by atoms with Gasteiger partial charge in [0.05, 0.1) is 7.85 Å². The molecule has 0 aromatic rings. The van der Waals surface area contributed by atoms with Crippen molar-refractivity contribution >= 4 is 24.0 Å². The second-order valence-corrected chi connectivity index (χ2v) is 2.14. The van der Waals surface area contributed by atoms with Crippen LogP contribution in [0.15, 0.2) is 0 Å². The summed E-state index contributed by atoms with van der Waals surface area (Å²) in [5, 5.41) is 0. The van der Waals surface area contributed by atoms with Crippen molar-refractivity contribution in [3.63, 3.8) is 0 Å². The minimum atomic E-state index is 0.488. The molecule has 0 N–H and O–H groups in total. The maximum atomic E-state index is 5.43. The lowest BCUT2D eigenvalue weighted by molar-refractivity contribution is 1.46. The van der Waals surface area contributed by atoms with Crippen molar-refractivity contribution < 1.29 is 0 Å². The Morgan fingerprint density at radius 2 is 2.33 bits per heavy atom. The smallest absolute Gasteiger partial charge is 0.141 e. The van der Waals surface area contributed by atoms with Crippen molar-refractivity contribution in [1.82, 2.24) is 0 Å². The second kappa shape index (κ2) is 1.58. The molecule has 1 fully saturated rings. The van der Waals surface area contributed by atoms with Crippen molar-refractivity contribution in [1.29, 1.82) is 0 Å². The van der Waals surface area contributed by atoms with Gasteiger partial charge in [-0.25, -0.2) is 0 Å². The number of rotatable bonds is 1. The van der Waals surface area contributed by atoms with Crippen molar-refractivity contribution in [2.75, 3.05) is 0 Å². The Kier molecular flexibility index (Phi) is 1.24. The minimum absolute atomic E-state index is 0.488. The highest BCUT2D eigenvalue weighted by Crippen LogP contribution is 2.47. The van der Waals surface area contributed by atoms with Gasteiger partial charge in [-0.2, -0.15) is 9.12 Å². The lowest BCUT2D eigenvalue weighted by atomic mass is 9.89. The molecule has 0 heterocycles. The zero-order chi connectivity index (χ0) is 4.57. The Bertz CT molecular complexity index is 54.8. The van der Waals surface area contributed by atoms with E-state index in [1.54, 1.807) is 0 Å². The summed E-state index contributed by atoms with van der Waals surface area (Å²) in [6.07, 6.45) is 1.20. The second-order valence-electron chi connectivity index (χ2n) is 1.76. The van der Waals surface area contributed by atoms with Gasteiger partial charge in [-0.15, -0.1) is 0 Å². The van der Waals surface area contributed by atoms with Gasteiger partial charge in [-0.1, -0.05) is 18.1 Å². The Labute approximate surface area is 42.9 Å². The summed E-state index contributed by atoms with van der Waals surface area (Å²) in [7, 11) is 8.01. The van der Waals surface area contributed by atoms with E-state index < -0.39 is 0 Å². The fraction of sp³-hybridized carbons (Fsp3) is 1.00. The highest BCUT2D eigenvalue weighted by Gasteiger charge is 2.29. The Morgan fingerprint density at radius 1 is 1.83 bits per heavy atom.